The summed E-state index contributed by atoms with van der Waals surface area (Å²) in [6.45, 7) is 1.36. The molecule has 1 aliphatic heterocycles. The van der Waals surface area contributed by atoms with Crippen LogP contribution in [0.1, 0.15) is 12.8 Å². The van der Waals surface area contributed by atoms with E-state index in [1.165, 1.54) is 22.7 Å². The van der Waals surface area contributed by atoms with E-state index in [0.717, 1.165) is 5.75 Å². The van der Waals surface area contributed by atoms with Crippen LogP contribution in [0.5, 0.6) is 11.5 Å². The first kappa shape index (κ1) is 20.5. The Labute approximate surface area is 155 Å². The molecule has 0 spiro atoms. The maximum Gasteiger partial charge on any atom is 0.281 e. The minimum atomic E-state index is -3.48. The lowest BCUT2D eigenvalue weighted by Gasteiger charge is -2.32. The van der Waals surface area contributed by atoms with Crippen LogP contribution in [-0.2, 0) is 15.0 Å². The van der Waals surface area contributed by atoms with E-state index in [2.05, 4.69) is 5.32 Å². The van der Waals surface area contributed by atoms with Crippen LogP contribution in [0, 0.1) is 5.92 Å². The zero-order valence-corrected chi connectivity index (χ0v) is 16.3. The highest BCUT2D eigenvalue weighted by Crippen LogP contribution is 2.20. The van der Waals surface area contributed by atoms with Crippen molar-refractivity contribution in [1.82, 2.24) is 13.9 Å². The molecule has 9 heteroatoms. The van der Waals surface area contributed by atoms with E-state index in [0.29, 0.717) is 38.3 Å². The number of hydrogen-bond donors (Lipinski definition) is 1. The molecular weight excluding hydrogens is 358 g/mol. The minimum Gasteiger partial charge on any atom is -0.497 e. The number of nitrogens with one attached hydrogen (secondary N) is 1. The first-order valence-electron chi connectivity index (χ1n) is 8.56. The third-order valence-electron chi connectivity index (χ3n) is 4.27. The number of rotatable bonds is 8. The van der Waals surface area contributed by atoms with Gasteiger partial charge in [0, 0.05) is 27.2 Å². The highest BCUT2D eigenvalue weighted by molar-refractivity contribution is 7.86. The van der Waals surface area contributed by atoms with E-state index in [1.54, 1.807) is 31.4 Å². The molecular formula is C17H27N3O5S. The van der Waals surface area contributed by atoms with Gasteiger partial charge in [-0.1, -0.05) is 0 Å². The summed E-state index contributed by atoms with van der Waals surface area (Å²) >= 11 is 0. The van der Waals surface area contributed by atoms with Crippen molar-refractivity contribution >= 4 is 16.1 Å². The van der Waals surface area contributed by atoms with Gasteiger partial charge < -0.3 is 14.8 Å². The van der Waals surface area contributed by atoms with Gasteiger partial charge >= 0.3 is 0 Å². The quantitative estimate of drug-likeness (QED) is 0.666. The number of piperidine rings is 1. The van der Waals surface area contributed by atoms with Crippen LogP contribution in [0.4, 0.5) is 0 Å². The van der Waals surface area contributed by atoms with Crippen LogP contribution in [0.15, 0.2) is 24.3 Å². The molecule has 1 aromatic carbocycles. The van der Waals surface area contributed by atoms with Crippen molar-refractivity contribution in [1.29, 1.82) is 0 Å². The lowest BCUT2D eigenvalue weighted by molar-refractivity contribution is -0.126. The normalized spacial score (nSPS) is 18.5. The number of carbonyl (C=O) groups is 1. The third kappa shape index (κ3) is 5.33. The average Bonchev–Trinajstić information content (AvgIpc) is 2.65. The molecule has 26 heavy (non-hydrogen) atoms. The van der Waals surface area contributed by atoms with Crippen LogP contribution in [0.2, 0.25) is 0 Å². The summed E-state index contributed by atoms with van der Waals surface area (Å²) in [7, 11) is 1.11. The molecule has 1 heterocycles. The monoisotopic (exact) mass is 385 g/mol. The molecule has 0 radical (unpaired) electrons. The van der Waals surface area contributed by atoms with E-state index in [4.69, 9.17) is 9.47 Å². The zero-order chi connectivity index (χ0) is 19.2. The van der Waals surface area contributed by atoms with Crippen LogP contribution in [0.3, 0.4) is 0 Å². The third-order valence-corrected chi connectivity index (χ3v) is 6.18. The van der Waals surface area contributed by atoms with Gasteiger partial charge in [0.1, 0.15) is 18.1 Å². The Balaban J connectivity index is 1.76. The second kappa shape index (κ2) is 9.20. The van der Waals surface area contributed by atoms with Gasteiger partial charge in [-0.15, -0.1) is 0 Å². The highest BCUT2D eigenvalue weighted by Gasteiger charge is 2.33. The van der Waals surface area contributed by atoms with Crippen molar-refractivity contribution in [3.8, 4) is 11.5 Å². The Bertz CT molecular complexity index is 691. The minimum absolute atomic E-state index is 0.137. The van der Waals surface area contributed by atoms with Crippen molar-refractivity contribution < 1.29 is 22.7 Å². The predicted octanol–water partition coefficient (Wildman–Crippen LogP) is 0.709. The van der Waals surface area contributed by atoms with Crippen LogP contribution < -0.4 is 14.8 Å². The van der Waals surface area contributed by atoms with E-state index < -0.39 is 10.2 Å². The molecule has 1 N–H and O–H groups in total. The van der Waals surface area contributed by atoms with E-state index >= 15 is 0 Å². The fraction of sp³-hybridized carbons (Fsp3) is 0.588. The molecule has 0 aliphatic carbocycles. The largest absolute Gasteiger partial charge is 0.497 e. The average molecular weight is 385 g/mol. The molecule has 1 aromatic rings. The van der Waals surface area contributed by atoms with Crippen LogP contribution >= 0.6 is 0 Å². The summed E-state index contributed by atoms with van der Waals surface area (Å²) in [4.78, 5) is 12.3. The lowest BCUT2D eigenvalue weighted by atomic mass is 9.99. The second-order valence-corrected chi connectivity index (χ2v) is 8.44. The first-order chi connectivity index (χ1) is 12.3. The Morgan fingerprint density at radius 2 is 1.92 bits per heavy atom. The van der Waals surface area contributed by atoms with Gasteiger partial charge in [-0.3, -0.25) is 4.79 Å². The molecule has 1 amide bonds. The molecule has 1 fully saturated rings. The molecule has 2 rings (SSSR count). The SMILES string of the molecule is COc1ccc(OCCNC(=O)C2CCCN(S(=O)(=O)N(C)C)C2)cc1. The first-order valence-corrected chi connectivity index (χ1v) is 9.96. The number of carbonyl (C=O) groups excluding carboxylic acids is 1. The lowest BCUT2D eigenvalue weighted by Crippen LogP contribution is -2.49. The van der Waals surface area contributed by atoms with Crippen LogP contribution in [-0.4, -0.2) is 70.4 Å². The summed E-state index contributed by atoms with van der Waals surface area (Å²) in [5.74, 6) is 0.975. The highest BCUT2D eigenvalue weighted by atomic mass is 32.2. The van der Waals surface area contributed by atoms with Gasteiger partial charge in [-0.2, -0.15) is 17.0 Å². The Hall–Kier alpha value is -1.84. The summed E-state index contributed by atoms with van der Waals surface area (Å²) in [5.41, 5.74) is 0. The van der Waals surface area contributed by atoms with Gasteiger partial charge in [-0.25, -0.2) is 0 Å². The Morgan fingerprint density at radius 3 is 2.54 bits per heavy atom. The topological polar surface area (TPSA) is 88.2 Å². The fourth-order valence-corrected chi connectivity index (χ4v) is 3.95. The number of hydrogen-bond acceptors (Lipinski definition) is 5. The van der Waals surface area contributed by atoms with Gasteiger partial charge in [0.25, 0.3) is 10.2 Å². The summed E-state index contributed by atoms with van der Waals surface area (Å²) in [6.07, 6.45) is 1.36. The summed E-state index contributed by atoms with van der Waals surface area (Å²) < 4.78 is 37.6. The second-order valence-electron chi connectivity index (χ2n) is 6.30. The van der Waals surface area contributed by atoms with Gasteiger partial charge in [0.05, 0.1) is 19.6 Å². The molecule has 0 bridgehead atoms. The molecule has 146 valence electrons. The summed E-state index contributed by atoms with van der Waals surface area (Å²) in [6, 6.07) is 7.20. The van der Waals surface area contributed by atoms with Gasteiger partial charge in [0.2, 0.25) is 5.91 Å². The molecule has 8 nitrogen and oxygen atoms in total. The number of amides is 1. The predicted molar refractivity (Wildman–Crippen MR) is 98.4 cm³/mol. The number of methoxy groups -OCH3 is 1. The number of ether oxygens (including phenoxy) is 2. The van der Waals surface area contributed by atoms with E-state index in [9.17, 15) is 13.2 Å². The molecule has 1 atom stereocenters. The molecule has 1 unspecified atom stereocenters. The fourth-order valence-electron chi connectivity index (χ4n) is 2.76. The molecule has 0 aromatic heterocycles. The van der Waals surface area contributed by atoms with Crippen molar-refractivity contribution in [3.63, 3.8) is 0 Å². The van der Waals surface area contributed by atoms with Crippen molar-refractivity contribution in [2.75, 3.05) is 47.4 Å². The maximum absolute atomic E-state index is 12.3. The molecule has 1 aliphatic rings. The van der Waals surface area contributed by atoms with E-state index in [-0.39, 0.29) is 18.4 Å². The number of benzene rings is 1. The summed E-state index contributed by atoms with van der Waals surface area (Å²) in [5, 5.41) is 2.82. The van der Waals surface area contributed by atoms with Gasteiger partial charge in [0.15, 0.2) is 0 Å². The van der Waals surface area contributed by atoms with E-state index in [1.807, 2.05) is 0 Å². The van der Waals surface area contributed by atoms with Crippen molar-refractivity contribution in [3.05, 3.63) is 24.3 Å². The Morgan fingerprint density at radius 1 is 1.27 bits per heavy atom. The molecule has 0 saturated carbocycles. The zero-order valence-electron chi connectivity index (χ0n) is 15.5. The van der Waals surface area contributed by atoms with Gasteiger partial charge in [-0.05, 0) is 37.1 Å². The van der Waals surface area contributed by atoms with Crippen LogP contribution in [0.25, 0.3) is 0 Å². The smallest absolute Gasteiger partial charge is 0.281 e. The molecule has 1 saturated heterocycles. The standard InChI is InChI=1S/C17H27N3O5S/c1-19(2)26(22,23)20-11-4-5-14(13-20)17(21)18-10-12-25-16-8-6-15(24-3)7-9-16/h6-9,14H,4-5,10-13H2,1-3H3,(H,18,21). The number of nitrogens with zero attached hydrogens (tertiary/aromatic N) is 2. The maximum atomic E-state index is 12.3. The van der Waals surface area contributed by atoms with Crippen molar-refractivity contribution in [2.24, 2.45) is 5.92 Å². The Kier molecular flexibility index (Phi) is 7.24. The van der Waals surface area contributed by atoms with Crippen molar-refractivity contribution in [2.45, 2.75) is 12.8 Å².